The van der Waals surface area contributed by atoms with E-state index in [9.17, 15) is 0 Å². The minimum Gasteiger partial charge on any atom is -0.493 e. The van der Waals surface area contributed by atoms with Gasteiger partial charge in [0, 0.05) is 11.1 Å². The minimum atomic E-state index is 0.407. The van der Waals surface area contributed by atoms with Crippen LogP contribution in [0.15, 0.2) is 12.1 Å². The Morgan fingerprint density at radius 1 is 0.833 bits per heavy atom. The van der Waals surface area contributed by atoms with E-state index in [0.717, 1.165) is 35.5 Å². The Hall–Kier alpha value is -0.600. The summed E-state index contributed by atoms with van der Waals surface area (Å²) in [5.41, 5.74) is 1.90. The van der Waals surface area contributed by atoms with Crippen molar-refractivity contribution in [3.05, 3.63) is 23.3 Å². The van der Waals surface area contributed by atoms with Gasteiger partial charge in [-0.15, -0.1) is 23.2 Å². The van der Waals surface area contributed by atoms with Crippen molar-refractivity contribution in [2.45, 2.75) is 38.4 Å². The lowest BCUT2D eigenvalue weighted by Crippen LogP contribution is -2.03. The lowest BCUT2D eigenvalue weighted by atomic mass is 10.1. The molecule has 1 rings (SSSR count). The van der Waals surface area contributed by atoms with Crippen LogP contribution in [0.4, 0.5) is 0 Å². The van der Waals surface area contributed by atoms with Gasteiger partial charge < -0.3 is 9.47 Å². The maximum Gasteiger partial charge on any atom is 0.124 e. The highest BCUT2D eigenvalue weighted by Gasteiger charge is 2.11. The van der Waals surface area contributed by atoms with E-state index in [4.69, 9.17) is 32.7 Å². The average Bonchev–Trinajstić information content (AvgIpc) is 2.42. The normalized spacial score (nSPS) is 10.4. The number of ether oxygens (including phenoxy) is 2. The predicted octanol–water partition coefficient (Wildman–Crippen LogP) is 4.74. The van der Waals surface area contributed by atoms with E-state index in [1.165, 1.54) is 0 Å². The summed E-state index contributed by atoms with van der Waals surface area (Å²) in [6.07, 6.45) is 1.93. The highest BCUT2D eigenvalue weighted by atomic mass is 35.5. The number of halogens is 2. The highest BCUT2D eigenvalue weighted by molar-refractivity contribution is 6.18. The summed E-state index contributed by atoms with van der Waals surface area (Å²) < 4.78 is 11.4. The van der Waals surface area contributed by atoms with Gasteiger partial charge >= 0.3 is 0 Å². The molecule has 0 aliphatic carbocycles. The van der Waals surface area contributed by atoms with Gasteiger partial charge in [0.2, 0.25) is 0 Å². The Bertz CT molecular complexity index is 331. The van der Waals surface area contributed by atoms with Gasteiger partial charge in [-0.2, -0.15) is 0 Å². The lowest BCUT2D eigenvalue weighted by molar-refractivity contribution is 0.305. The van der Waals surface area contributed by atoms with Crippen molar-refractivity contribution in [2.24, 2.45) is 0 Å². The predicted molar refractivity (Wildman–Crippen MR) is 77.1 cm³/mol. The van der Waals surface area contributed by atoms with Crippen LogP contribution in [0.3, 0.4) is 0 Å². The molecule has 4 heteroatoms. The topological polar surface area (TPSA) is 18.5 Å². The molecule has 2 nitrogen and oxygen atoms in total. The molecule has 0 heterocycles. The van der Waals surface area contributed by atoms with Gasteiger partial charge in [-0.25, -0.2) is 0 Å². The smallest absolute Gasteiger partial charge is 0.124 e. The Morgan fingerprint density at radius 3 is 1.50 bits per heavy atom. The molecule has 1 aromatic rings. The monoisotopic (exact) mass is 290 g/mol. The second-order valence-corrected chi connectivity index (χ2v) is 4.57. The molecule has 0 N–H and O–H groups in total. The third-order valence-corrected chi connectivity index (χ3v) is 3.03. The standard InChI is InChI=1S/C14H20Cl2O2/c1-3-5-17-13-7-12(10-16)14(18-6-4-2)8-11(13)9-15/h7-8H,3-6,9-10H2,1-2H3. The molecule has 0 aliphatic rings. The first-order valence-electron chi connectivity index (χ1n) is 6.30. The van der Waals surface area contributed by atoms with Crippen LogP contribution in [-0.4, -0.2) is 13.2 Å². The van der Waals surface area contributed by atoms with E-state index in [2.05, 4.69) is 13.8 Å². The molecule has 0 bridgehead atoms. The maximum absolute atomic E-state index is 5.94. The number of hydrogen-bond acceptors (Lipinski definition) is 2. The zero-order valence-electron chi connectivity index (χ0n) is 11.0. The summed E-state index contributed by atoms with van der Waals surface area (Å²) >= 11 is 11.9. The van der Waals surface area contributed by atoms with Gasteiger partial charge in [-0.1, -0.05) is 13.8 Å². The lowest BCUT2D eigenvalue weighted by Gasteiger charge is -2.15. The van der Waals surface area contributed by atoms with Crippen molar-refractivity contribution in [3.8, 4) is 11.5 Å². The largest absolute Gasteiger partial charge is 0.493 e. The zero-order valence-corrected chi connectivity index (χ0v) is 12.5. The van der Waals surface area contributed by atoms with Gasteiger partial charge in [0.05, 0.1) is 25.0 Å². The summed E-state index contributed by atoms with van der Waals surface area (Å²) in [6, 6.07) is 3.87. The minimum absolute atomic E-state index is 0.407. The van der Waals surface area contributed by atoms with Crippen LogP contribution in [0.1, 0.15) is 37.8 Å². The van der Waals surface area contributed by atoms with Crippen LogP contribution < -0.4 is 9.47 Å². The van der Waals surface area contributed by atoms with Crippen LogP contribution in [0.25, 0.3) is 0 Å². The molecule has 102 valence electrons. The molecule has 0 saturated carbocycles. The van der Waals surface area contributed by atoms with E-state index in [1.54, 1.807) is 0 Å². The molecular weight excluding hydrogens is 271 g/mol. The van der Waals surface area contributed by atoms with Gasteiger partial charge in [0.15, 0.2) is 0 Å². The van der Waals surface area contributed by atoms with E-state index >= 15 is 0 Å². The molecule has 1 aromatic carbocycles. The summed E-state index contributed by atoms with van der Waals surface area (Å²) in [7, 11) is 0. The molecular formula is C14H20Cl2O2. The van der Waals surface area contributed by atoms with Crippen molar-refractivity contribution in [1.82, 2.24) is 0 Å². The summed E-state index contributed by atoms with van der Waals surface area (Å²) in [5, 5.41) is 0. The molecule has 0 amide bonds. The number of rotatable bonds is 8. The zero-order chi connectivity index (χ0) is 13.4. The first-order valence-corrected chi connectivity index (χ1v) is 7.37. The molecule has 0 saturated heterocycles. The molecule has 18 heavy (non-hydrogen) atoms. The van der Waals surface area contributed by atoms with E-state index in [1.807, 2.05) is 12.1 Å². The Kier molecular flexibility index (Phi) is 7.29. The van der Waals surface area contributed by atoms with Crippen LogP contribution in [0.5, 0.6) is 11.5 Å². The Balaban J connectivity index is 2.98. The summed E-state index contributed by atoms with van der Waals surface area (Å²) in [4.78, 5) is 0. The molecule has 0 aromatic heterocycles. The van der Waals surface area contributed by atoms with Crippen LogP contribution in [0.2, 0.25) is 0 Å². The number of hydrogen-bond donors (Lipinski definition) is 0. The molecule has 0 spiro atoms. The van der Waals surface area contributed by atoms with Gasteiger partial charge in [0.25, 0.3) is 0 Å². The van der Waals surface area contributed by atoms with Crippen molar-refractivity contribution in [3.63, 3.8) is 0 Å². The second kappa shape index (κ2) is 8.49. The van der Waals surface area contributed by atoms with Crippen molar-refractivity contribution in [2.75, 3.05) is 13.2 Å². The van der Waals surface area contributed by atoms with Gasteiger partial charge in [-0.3, -0.25) is 0 Å². The van der Waals surface area contributed by atoms with Gasteiger partial charge in [0.1, 0.15) is 11.5 Å². The third-order valence-electron chi connectivity index (χ3n) is 2.45. The van der Waals surface area contributed by atoms with E-state index in [-0.39, 0.29) is 0 Å². The first-order chi connectivity index (χ1) is 8.76. The Labute approximate surface area is 119 Å². The third kappa shape index (κ3) is 4.25. The maximum atomic E-state index is 5.94. The quantitative estimate of drug-likeness (QED) is 0.644. The van der Waals surface area contributed by atoms with Crippen molar-refractivity contribution in [1.29, 1.82) is 0 Å². The molecule has 0 unspecified atom stereocenters. The Morgan fingerprint density at radius 2 is 1.22 bits per heavy atom. The second-order valence-electron chi connectivity index (χ2n) is 4.03. The fourth-order valence-electron chi connectivity index (χ4n) is 1.55. The van der Waals surface area contributed by atoms with Crippen LogP contribution in [0, 0.1) is 0 Å². The van der Waals surface area contributed by atoms with Crippen LogP contribution in [-0.2, 0) is 11.8 Å². The van der Waals surface area contributed by atoms with Crippen LogP contribution >= 0.6 is 23.2 Å². The van der Waals surface area contributed by atoms with E-state index in [0.29, 0.717) is 25.0 Å². The van der Waals surface area contributed by atoms with E-state index < -0.39 is 0 Å². The highest BCUT2D eigenvalue weighted by Crippen LogP contribution is 2.31. The molecule has 0 aliphatic heterocycles. The summed E-state index contributed by atoms with van der Waals surface area (Å²) in [5.74, 6) is 2.44. The van der Waals surface area contributed by atoms with Crippen molar-refractivity contribution >= 4 is 23.2 Å². The number of benzene rings is 1. The number of alkyl halides is 2. The average molecular weight is 291 g/mol. The van der Waals surface area contributed by atoms with Crippen molar-refractivity contribution < 1.29 is 9.47 Å². The fourth-order valence-corrected chi connectivity index (χ4v) is 1.96. The molecule has 0 atom stereocenters. The summed E-state index contributed by atoms with van der Waals surface area (Å²) in [6.45, 7) is 5.50. The SMILES string of the molecule is CCCOc1cc(CCl)c(OCCC)cc1CCl. The molecule has 0 fully saturated rings. The first kappa shape index (κ1) is 15.5. The fraction of sp³-hybridized carbons (Fsp3) is 0.571. The van der Waals surface area contributed by atoms with Gasteiger partial charge in [-0.05, 0) is 25.0 Å². The molecule has 0 radical (unpaired) electrons.